The number of nitrogens with one attached hydrogen (secondary N) is 2. The van der Waals surface area contributed by atoms with Gasteiger partial charge >= 0.3 is 6.03 Å². The van der Waals surface area contributed by atoms with Gasteiger partial charge in [0.1, 0.15) is 17.0 Å². The molecule has 2 unspecified atom stereocenters. The predicted molar refractivity (Wildman–Crippen MR) is 153 cm³/mol. The van der Waals surface area contributed by atoms with Crippen LogP contribution in [0, 0.1) is 11.7 Å². The lowest BCUT2D eigenvalue weighted by Gasteiger charge is -2.33. The Hall–Kier alpha value is -3.47. The minimum absolute atomic E-state index is 0.0383. The van der Waals surface area contributed by atoms with Crippen LogP contribution in [0.3, 0.4) is 0 Å². The van der Waals surface area contributed by atoms with Crippen LogP contribution in [0.25, 0.3) is 11.3 Å². The topological polar surface area (TPSA) is 109 Å². The van der Waals surface area contributed by atoms with E-state index in [0.717, 1.165) is 25.7 Å². The minimum Gasteiger partial charge on any atom is -0.469 e. The third-order valence-electron chi connectivity index (χ3n) is 8.42. The van der Waals surface area contributed by atoms with Gasteiger partial charge in [-0.05, 0) is 64.5 Å². The highest BCUT2D eigenvalue weighted by molar-refractivity contribution is 6.03. The summed E-state index contributed by atoms with van der Waals surface area (Å²) >= 11 is 0. The van der Waals surface area contributed by atoms with Crippen molar-refractivity contribution in [2.75, 3.05) is 42.9 Å². The Morgan fingerprint density at radius 2 is 1.85 bits per heavy atom. The van der Waals surface area contributed by atoms with Crippen LogP contribution < -0.4 is 20.3 Å². The largest absolute Gasteiger partial charge is 0.469 e. The molecule has 2 aromatic rings. The fraction of sp³-hybridized carbons (Fsp3) is 0.600. The van der Waals surface area contributed by atoms with E-state index in [4.69, 9.17) is 19.4 Å². The molecule has 3 aliphatic heterocycles. The number of rotatable bonds is 6. The number of ether oxygens (including phenoxy) is 2. The van der Waals surface area contributed by atoms with Crippen molar-refractivity contribution in [1.29, 1.82) is 0 Å². The van der Waals surface area contributed by atoms with Gasteiger partial charge in [0.15, 0.2) is 0 Å². The maximum absolute atomic E-state index is 15.3. The summed E-state index contributed by atoms with van der Waals surface area (Å²) in [6, 6.07) is 3.98. The molecule has 2 bridgehead atoms. The van der Waals surface area contributed by atoms with Gasteiger partial charge in [0, 0.05) is 31.7 Å². The lowest BCUT2D eigenvalue weighted by atomic mass is 10.0. The number of halogens is 1. The SMILES string of the molecule is CCNC(=O)Nc1ccc(-c2nc(N3CC4CCC(C3)O4)nc3c2C(=O)N(CC2CCCC2)CC(C)(C)O3)cc1F. The molecule has 1 aliphatic carbocycles. The van der Waals surface area contributed by atoms with Crippen molar-refractivity contribution in [3.05, 3.63) is 29.6 Å². The lowest BCUT2D eigenvalue weighted by molar-refractivity contribution is 0.0297. The standard InChI is InChI=1S/C30H39FN6O4/c1-4-32-29(39)33-23-12-9-19(13-22(23)31)25-24-26(35-28(34-25)36-15-20-10-11-21(16-36)40-20)41-30(2,3)17-37(27(24)38)14-18-7-5-6-8-18/h9,12-13,18,20-21H,4-8,10-11,14-17H2,1-3H3,(H2,32,33,39). The number of carbonyl (C=O) groups is 2. The van der Waals surface area contributed by atoms with E-state index < -0.39 is 17.4 Å². The molecule has 220 valence electrons. The number of aromatic nitrogens is 2. The van der Waals surface area contributed by atoms with Gasteiger partial charge in [-0.15, -0.1) is 0 Å². The number of amides is 3. The van der Waals surface area contributed by atoms with Gasteiger partial charge in [0.05, 0.1) is 30.1 Å². The number of fused-ring (bicyclic) bond motifs is 3. The fourth-order valence-corrected chi connectivity index (χ4v) is 6.55. The maximum atomic E-state index is 15.3. The molecular formula is C30H39FN6O4. The van der Waals surface area contributed by atoms with E-state index in [1.807, 2.05) is 18.7 Å². The van der Waals surface area contributed by atoms with Crippen molar-refractivity contribution in [2.24, 2.45) is 5.92 Å². The minimum atomic E-state index is -0.682. The Balaban J connectivity index is 1.43. The van der Waals surface area contributed by atoms with Gasteiger partial charge in [0.2, 0.25) is 11.8 Å². The Bertz CT molecular complexity index is 1320. The van der Waals surface area contributed by atoms with E-state index >= 15 is 4.39 Å². The van der Waals surface area contributed by atoms with Crippen LogP contribution in [0.5, 0.6) is 5.88 Å². The van der Waals surface area contributed by atoms with Gasteiger partial charge in [0.25, 0.3) is 5.91 Å². The lowest BCUT2D eigenvalue weighted by Crippen LogP contribution is -2.44. The Kier molecular flexibility index (Phi) is 7.48. The van der Waals surface area contributed by atoms with Gasteiger partial charge in [-0.2, -0.15) is 4.98 Å². The van der Waals surface area contributed by atoms with Crippen molar-refractivity contribution in [1.82, 2.24) is 20.2 Å². The van der Waals surface area contributed by atoms with Crippen molar-refractivity contribution in [3.63, 3.8) is 0 Å². The van der Waals surface area contributed by atoms with Crippen LogP contribution in [0.2, 0.25) is 0 Å². The molecule has 6 rings (SSSR count). The number of urea groups is 1. The van der Waals surface area contributed by atoms with Crippen molar-refractivity contribution in [3.8, 4) is 17.1 Å². The number of hydrogen-bond donors (Lipinski definition) is 2. The van der Waals surface area contributed by atoms with Gasteiger partial charge in [-0.1, -0.05) is 18.9 Å². The van der Waals surface area contributed by atoms with E-state index in [9.17, 15) is 9.59 Å². The third-order valence-corrected chi connectivity index (χ3v) is 8.42. The first-order chi connectivity index (χ1) is 19.7. The molecule has 1 aromatic heterocycles. The average Bonchev–Trinajstić information content (AvgIpc) is 3.54. The maximum Gasteiger partial charge on any atom is 0.319 e. The second-order valence-electron chi connectivity index (χ2n) is 12.3. The highest BCUT2D eigenvalue weighted by atomic mass is 19.1. The predicted octanol–water partition coefficient (Wildman–Crippen LogP) is 4.60. The van der Waals surface area contributed by atoms with Gasteiger partial charge in [-0.3, -0.25) is 4.79 Å². The fourth-order valence-electron chi connectivity index (χ4n) is 6.55. The van der Waals surface area contributed by atoms with Gasteiger partial charge < -0.3 is 29.9 Å². The monoisotopic (exact) mass is 566 g/mol. The second-order valence-corrected chi connectivity index (χ2v) is 12.3. The normalized spacial score (nSPS) is 23.7. The molecule has 3 amide bonds. The summed E-state index contributed by atoms with van der Waals surface area (Å²) in [5.41, 5.74) is 0.343. The highest BCUT2D eigenvalue weighted by Crippen LogP contribution is 2.39. The summed E-state index contributed by atoms with van der Waals surface area (Å²) in [4.78, 5) is 39.9. The van der Waals surface area contributed by atoms with Crippen molar-refractivity contribution >= 4 is 23.6 Å². The first kappa shape index (κ1) is 27.7. The quantitative estimate of drug-likeness (QED) is 0.526. The van der Waals surface area contributed by atoms with Gasteiger partial charge in [-0.25, -0.2) is 14.2 Å². The Labute approximate surface area is 240 Å². The molecule has 4 aliphatic rings. The number of anilines is 2. The molecule has 2 saturated heterocycles. The zero-order valence-electron chi connectivity index (χ0n) is 24.0. The zero-order chi connectivity index (χ0) is 28.7. The summed E-state index contributed by atoms with van der Waals surface area (Å²) in [6.07, 6.45) is 6.76. The summed E-state index contributed by atoms with van der Waals surface area (Å²) in [7, 11) is 0. The molecule has 41 heavy (non-hydrogen) atoms. The summed E-state index contributed by atoms with van der Waals surface area (Å²) in [5.74, 6) is 0.276. The zero-order valence-corrected chi connectivity index (χ0v) is 24.0. The average molecular weight is 567 g/mol. The van der Waals surface area contributed by atoms with Crippen molar-refractivity contribution < 1.29 is 23.5 Å². The second kappa shape index (κ2) is 11.1. The number of hydrogen-bond acceptors (Lipinski definition) is 7. The molecule has 1 saturated carbocycles. The summed E-state index contributed by atoms with van der Waals surface area (Å²) in [6.45, 7) is 8.48. The molecule has 2 atom stereocenters. The Morgan fingerprint density at radius 1 is 1.12 bits per heavy atom. The smallest absolute Gasteiger partial charge is 0.319 e. The van der Waals surface area contributed by atoms with E-state index in [0.29, 0.717) is 55.8 Å². The van der Waals surface area contributed by atoms with Crippen LogP contribution >= 0.6 is 0 Å². The summed E-state index contributed by atoms with van der Waals surface area (Å²) in [5, 5.41) is 5.13. The van der Waals surface area contributed by atoms with E-state index in [1.165, 1.54) is 25.0 Å². The first-order valence-electron chi connectivity index (χ1n) is 14.8. The third kappa shape index (κ3) is 5.82. The number of nitrogens with zero attached hydrogens (tertiary/aromatic N) is 4. The van der Waals surface area contributed by atoms with E-state index in [1.54, 1.807) is 13.0 Å². The van der Waals surface area contributed by atoms with E-state index in [-0.39, 0.29) is 35.2 Å². The van der Waals surface area contributed by atoms with Crippen LogP contribution in [0.4, 0.5) is 20.8 Å². The molecule has 0 spiro atoms. The van der Waals surface area contributed by atoms with E-state index in [2.05, 4.69) is 15.5 Å². The van der Waals surface area contributed by atoms with Crippen LogP contribution in [0.1, 0.15) is 69.7 Å². The van der Waals surface area contributed by atoms with Crippen LogP contribution in [0.15, 0.2) is 18.2 Å². The number of carbonyl (C=O) groups excluding carboxylic acids is 2. The molecule has 1 aromatic carbocycles. The van der Waals surface area contributed by atoms with Crippen molar-refractivity contribution in [2.45, 2.75) is 77.1 Å². The molecule has 4 heterocycles. The number of benzene rings is 1. The van der Waals surface area contributed by atoms with Crippen LogP contribution in [-0.2, 0) is 4.74 Å². The Morgan fingerprint density at radius 3 is 2.54 bits per heavy atom. The van der Waals surface area contributed by atoms with Crippen LogP contribution in [-0.4, -0.2) is 77.3 Å². The molecule has 2 N–H and O–H groups in total. The molecule has 11 heteroatoms. The molecular weight excluding hydrogens is 527 g/mol. The molecule has 10 nitrogen and oxygen atoms in total. The summed E-state index contributed by atoms with van der Waals surface area (Å²) < 4.78 is 27.8. The molecule has 3 fully saturated rings. The first-order valence-corrected chi connectivity index (χ1v) is 14.8. The molecule has 0 radical (unpaired) electrons. The highest BCUT2D eigenvalue weighted by Gasteiger charge is 2.40. The number of morpholine rings is 1.